The van der Waals surface area contributed by atoms with E-state index in [4.69, 9.17) is 16.3 Å². The zero-order valence-corrected chi connectivity index (χ0v) is 21.8. The van der Waals surface area contributed by atoms with E-state index in [1.165, 1.54) is 10.4 Å². The number of carbonyl (C=O) groups is 2. The smallest absolute Gasteiger partial charge is 0.254 e. The van der Waals surface area contributed by atoms with Crippen LogP contribution < -0.4 is 0 Å². The Balaban J connectivity index is 1.60. The zero-order chi connectivity index (χ0) is 24.8. The van der Waals surface area contributed by atoms with E-state index in [1.807, 2.05) is 24.0 Å². The number of hydrogen-bond donors (Lipinski definition) is 0. The van der Waals surface area contributed by atoms with E-state index in [1.54, 1.807) is 40.5 Å². The van der Waals surface area contributed by atoms with E-state index in [0.29, 0.717) is 43.3 Å². The summed E-state index contributed by atoms with van der Waals surface area (Å²) in [6.45, 7) is 6.26. The summed E-state index contributed by atoms with van der Waals surface area (Å²) in [4.78, 5) is 32.1. The van der Waals surface area contributed by atoms with Gasteiger partial charge in [-0.25, -0.2) is 0 Å². The van der Waals surface area contributed by atoms with Crippen molar-refractivity contribution in [3.8, 4) is 0 Å². The summed E-state index contributed by atoms with van der Waals surface area (Å²) in [5.74, 6) is -0.250. The van der Waals surface area contributed by atoms with Crippen molar-refractivity contribution in [2.45, 2.75) is 32.7 Å². The number of ether oxygens (including phenoxy) is 1. The highest BCUT2D eigenvalue weighted by atomic mass is 35.5. The summed E-state index contributed by atoms with van der Waals surface area (Å²) >= 11 is 7.89. The van der Waals surface area contributed by atoms with Crippen molar-refractivity contribution >= 4 is 34.8 Å². The molecule has 0 radical (unpaired) electrons. The zero-order valence-electron chi connectivity index (χ0n) is 20.2. The molecule has 184 valence electrons. The second-order valence-electron chi connectivity index (χ2n) is 8.68. The number of thiophene rings is 1. The van der Waals surface area contributed by atoms with Gasteiger partial charge in [-0.1, -0.05) is 41.9 Å². The van der Waals surface area contributed by atoms with Gasteiger partial charge in [-0.3, -0.25) is 9.59 Å². The lowest BCUT2D eigenvalue weighted by molar-refractivity contribution is -0.134. The second-order valence-corrected chi connectivity index (χ2v) is 10.1. The van der Waals surface area contributed by atoms with Crippen molar-refractivity contribution in [3.63, 3.8) is 0 Å². The Hall–Kier alpha value is -2.67. The van der Waals surface area contributed by atoms with Crippen LogP contribution >= 0.6 is 22.9 Å². The SMILES string of the molecule is CCOCCCN(CC(=O)N1CCc2sccc2C1c1ccccc1C)C(=O)c1cccc(Cl)c1. The summed E-state index contributed by atoms with van der Waals surface area (Å²) in [6.07, 6.45) is 1.48. The molecule has 5 nitrogen and oxygen atoms in total. The molecule has 0 saturated carbocycles. The molecule has 0 saturated heterocycles. The lowest BCUT2D eigenvalue weighted by Crippen LogP contribution is -2.47. The van der Waals surface area contributed by atoms with Crippen molar-refractivity contribution in [1.29, 1.82) is 0 Å². The number of amides is 2. The predicted molar refractivity (Wildman–Crippen MR) is 141 cm³/mol. The minimum Gasteiger partial charge on any atom is -0.382 e. The molecule has 2 heterocycles. The molecule has 2 aromatic carbocycles. The molecule has 2 amide bonds. The normalized spacial score (nSPS) is 15.1. The quantitative estimate of drug-likeness (QED) is 0.344. The first kappa shape index (κ1) is 25.4. The molecule has 1 aromatic heterocycles. The molecular weight excluding hydrogens is 480 g/mol. The van der Waals surface area contributed by atoms with Crippen LogP contribution in [0.15, 0.2) is 60.0 Å². The van der Waals surface area contributed by atoms with Crippen LogP contribution in [0.5, 0.6) is 0 Å². The van der Waals surface area contributed by atoms with Gasteiger partial charge in [0.25, 0.3) is 5.91 Å². The maximum Gasteiger partial charge on any atom is 0.254 e. The van der Waals surface area contributed by atoms with Crippen molar-refractivity contribution in [1.82, 2.24) is 9.80 Å². The summed E-state index contributed by atoms with van der Waals surface area (Å²) in [5, 5.41) is 2.60. The van der Waals surface area contributed by atoms with Crippen LogP contribution in [-0.4, -0.2) is 54.5 Å². The Kier molecular flexibility index (Phi) is 8.60. The fourth-order valence-corrected chi connectivity index (χ4v) is 5.72. The minimum atomic E-state index is -0.196. The molecule has 1 unspecified atom stereocenters. The van der Waals surface area contributed by atoms with Gasteiger partial charge < -0.3 is 14.5 Å². The molecule has 3 aromatic rings. The van der Waals surface area contributed by atoms with Crippen molar-refractivity contribution < 1.29 is 14.3 Å². The molecule has 0 fully saturated rings. The summed E-state index contributed by atoms with van der Waals surface area (Å²) in [6, 6.07) is 17.1. The van der Waals surface area contributed by atoms with Crippen molar-refractivity contribution in [2.24, 2.45) is 0 Å². The summed E-state index contributed by atoms with van der Waals surface area (Å²) in [5.41, 5.74) is 3.95. The van der Waals surface area contributed by atoms with Crippen LogP contribution in [0.2, 0.25) is 5.02 Å². The monoisotopic (exact) mass is 510 g/mol. The number of carbonyl (C=O) groups excluding carboxylic acids is 2. The molecule has 7 heteroatoms. The average molecular weight is 511 g/mol. The number of halogens is 1. The Morgan fingerprint density at radius 1 is 1.14 bits per heavy atom. The maximum absolute atomic E-state index is 13.8. The molecular formula is C28H31ClN2O3S. The first-order valence-corrected chi connectivity index (χ1v) is 13.3. The summed E-state index contributed by atoms with van der Waals surface area (Å²) < 4.78 is 5.47. The Bertz CT molecular complexity index is 1180. The molecule has 1 aliphatic rings. The molecule has 0 aliphatic carbocycles. The van der Waals surface area contributed by atoms with Gasteiger partial charge in [-0.05, 0) is 73.0 Å². The molecule has 1 aliphatic heterocycles. The number of rotatable bonds is 9. The molecule has 0 bridgehead atoms. The third kappa shape index (κ3) is 5.95. The largest absolute Gasteiger partial charge is 0.382 e. The predicted octanol–water partition coefficient (Wildman–Crippen LogP) is 5.75. The second kappa shape index (κ2) is 11.8. The van der Waals surface area contributed by atoms with E-state index < -0.39 is 0 Å². The molecule has 4 rings (SSSR count). The van der Waals surface area contributed by atoms with E-state index in [-0.39, 0.29) is 24.4 Å². The van der Waals surface area contributed by atoms with Gasteiger partial charge in [0, 0.05) is 41.8 Å². The lowest BCUT2D eigenvalue weighted by atomic mass is 9.90. The van der Waals surface area contributed by atoms with Gasteiger partial charge in [0.2, 0.25) is 5.91 Å². The lowest BCUT2D eigenvalue weighted by Gasteiger charge is -2.38. The van der Waals surface area contributed by atoms with Gasteiger partial charge in [0.1, 0.15) is 6.54 Å². The molecule has 35 heavy (non-hydrogen) atoms. The summed E-state index contributed by atoms with van der Waals surface area (Å²) in [7, 11) is 0. The van der Waals surface area contributed by atoms with E-state index in [2.05, 4.69) is 30.5 Å². The van der Waals surface area contributed by atoms with Crippen LogP contribution in [0.1, 0.15) is 51.3 Å². The Morgan fingerprint density at radius 3 is 2.74 bits per heavy atom. The minimum absolute atomic E-state index is 0.0132. The van der Waals surface area contributed by atoms with Gasteiger partial charge in [-0.15, -0.1) is 11.3 Å². The fourth-order valence-electron chi connectivity index (χ4n) is 4.63. The fraction of sp³-hybridized carbons (Fsp3) is 0.357. The average Bonchev–Trinajstić information content (AvgIpc) is 3.34. The first-order valence-electron chi connectivity index (χ1n) is 12.0. The third-order valence-corrected chi connectivity index (χ3v) is 7.61. The maximum atomic E-state index is 13.8. The third-order valence-electron chi connectivity index (χ3n) is 6.38. The topological polar surface area (TPSA) is 49.9 Å². The Morgan fingerprint density at radius 2 is 1.97 bits per heavy atom. The molecule has 1 atom stereocenters. The van der Waals surface area contributed by atoms with Gasteiger partial charge in [0.05, 0.1) is 6.04 Å². The van der Waals surface area contributed by atoms with Crippen LogP contribution in [0.4, 0.5) is 0 Å². The van der Waals surface area contributed by atoms with Gasteiger partial charge >= 0.3 is 0 Å². The van der Waals surface area contributed by atoms with Crippen molar-refractivity contribution in [2.75, 3.05) is 32.8 Å². The number of aryl methyl sites for hydroxylation is 1. The Labute approximate surface area is 216 Å². The van der Waals surface area contributed by atoms with Gasteiger partial charge in [0.15, 0.2) is 0 Å². The van der Waals surface area contributed by atoms with E-state index in [9.17, 15) is 9.59 Å². The number of hydrogen-bond acceptors (Lipinski definition) is 4. The standard InChI is InChI=1S/C28H31ClN2O3S/c1-3-34-16-7-14-30(28(33)21-9-6-10-22(29)18-21)19-26(32)31-15-12-25-24(13-17-35-25)27(31)23-11-5-4-8-20(23)2/h4-6,8-11,13,17-18,27H,3,7,12,14-16,19H2,1-2H3. The number of benzene rings is 2. The number of nitrogens with zero attached hydrogens (tertiary/aromatic N) is 2. The van der Waals surface area contributed by atoms with Crippen LogP contribution in [0.3, 0.4) is 0 Å². The van der Waals surface area contributed by atoms with Gasteiger partial charge in [-0.2, -0.15) is 0 Å². The van der Waals surface area contributed by atoms with Crippen LogP contribution in [0, 0.1) is 6.92 Å². The van der Waals surface area contributed by atoms with Crippen LogP contribution in [-0.2, 0) is 16.0 Å². The van der Waals surface area contributed by atoms with E-state index in [0.717, 1.165) is 17.5 Å². The van der Waals surface area contributed by atoms with Crippen molar-refractivity contribution in [3.05, 3.63) is 92.1 Å². The highest BCUT2D eigenvalue weighted by Crippen LogP contribution is 2.39. The highest BCUT2D eigenvalue weighted by Gasteiger charge is 2.34. The van der Waals surface area contributed by atoms with Crippen LogP contribution in [0.25, 0.3) is 0 Å². The first-order chi connectivity index (χ1) is 17.0. The molecule has 0 spiro atoms. The molecule has 0 N–H and O–H groups in total. The highest BCUT2D eigenvalue weighted by molar-refractivity contribution is 7.10. The number of fused-ring (bicyclic) bond motifs is 1. The van der Waals surface area contributed by atoms with E-state index >= 15 is 0 Å².